The Labute approximate surface area is 304 Å². The maximum Gasteiger partial charge on any atom is 0.490 e. The van der Waals surface area contributed by atoms with Crippen molar-refractivity contribution >= 4 is 45.0 Å². The molecule has 22 heteroatoms. The number of alkyl halides is 6. The fourth-order valence-electron chi connectivity index (χ4n) is 3.99. The van der Waals surface area contributed by atoms with Crippen LogP contribution in [-0.4, -0.2) is 76.0 Å². The minimum Gasteiger partial charge on any atom is -0.475 e. The van der Waals surface area contributed by atoms with Crippen LogP contribution in [0.4, 0.5) is 37.8 Å². The predicted molar refractivity (Wildman–Crippen MR) is 185 cm³/mol. The molecule has 0 bridgehead atoms. The van der Waals surface area contributed by atoms with Gasteiger partial charge >= 0.3 is 24.3 Å². The fourth-order valence-corrected chi connectivity index (χ4v) is 5.79. The molecule has 0 spiro atoms. The van der Waals surface area contributed by atoms with E-state index in [1.54, 1.807) is 30.3 Å². The second-order valence-electron chi connectivity index (χ2n) is 11.8. The number of hydrogen-bond acceptors (Lipinski definition) is 10. The number of aromatic nitrogens is 2. The Balaban J connectivity index is 0.000000879. The van der Waals surface area contributed by atoms with Crippen LogP contribution in [0.2, 0.25) is 0 Å². The van der Waals surface area contributed by atoms with Gasteiger partial charge in [0.1, 0.15) is 12.4 Å². The fraction of sp³-hybridized carbons (Fsp3) is 0.375. The van der Waals surface area contributed by atoms with Crippen molar-refractivity contribution in [1.29, 1.82) is 5.41 Å². The van der Waals surface area contributed by atoms with Gasteiger partial charge in [-0.3, -0.25) is 19.6 Å². The molecular formula is C32H39F6N7O8S. The summed E-state index contributed by atoms with van der Waals surface area (Å²) in [7, 11) is -3.64. The lowest BCUT2D eigenvalue weighted by Crippen LogP contribution is -2.35. The summed E-state index contributed by atoms with van der Waals surface area (Å²) in [5.41, 5.74) is 13.2. The molecule has 3 aromatic rings. The number of carboxylic acids is 2. The molecule has 54 heavy (non-hydrogen) atoms. The van der Waals surface area contributed by atoms with Crippen molar-refractivity contribution in [2.24, 2.45) is 11.7 Å². The molecule has 0 radical (unpaired) electrons. The average Bonchev–Trinajstić information content (AvgIpc) is 3.04. The van der Waals surface area contributed by atoms with E-state index >= 15 is 0 Å². The van der Waals surface area contributed by atoms with Crippen molar-refractivity contribution in [3.63, 3.8) is 0 Å². The van der Waals surface area contributed by atoms with Crippen LogP contribution < -0.4 is 27.7 Å². The summed E-state index contributed by atoms with van der Waals surface area (Å²) in [5, 5.41) is 27.5. The van der Waals surface area contributed by atoms with Crippen molar-refractivity contribution in [1.82, 2.24) is 14.9 Å². The van der Waals surface area contributed by atoms with E-state index in [4.69, 9.17) is 36.7 Å². The Hall–Kier alpha value is -5.67. The third kappa shape index (κ3) is 15.1. The molecule has 0 fully saturated rings. The number of halogens is 6. The van der Waals surface area contributed by atoms with Crippen LogP contribution in [0.3, 0.4) is 0 Å². The van der Waals surface area contributed by atoms with Gasteiger partial charge in [-0.1, -0.05) is 44.5 Å². The minimum absolute atomic E-state index is 0.0372. The van der Waals surface area contributed by atoms with Gasteiger partial charge < -0.3 is 32.3 Å². The molecule has 2 aromatic carbocycles. The van der Waals surface area contributed by atoms with Gasteiger partial charge in [0.25, 0.3) is 5.56 Å². The summed E-state index contributed by atoms with van der Waals surface area (Å²) in [5.74, 6) is -6.01. The molecule has 0 aliphatic rings. The second kappa shape index (κ2) is 19.4. The van der Waals surface area contributed by atoms with Crippen molar-refractivity contribution in [3.8, 4) is 11.3 Å². The number of hydrogen-bond donors (Lipinski definition) is 7. The van der Waals surface area contributed by atoms with E-state index in [9.17, 15) is 44.3 Å². The van der Waals surface area contributed by atoms with Crippen molar-refractivity contribution < 1.29 is 59.4 Å². The SMILES string of the molecule is CCC(C)CS(=O)(=O)c1cc(N)cc(-c2cnc(NC(C)C)c(=O)n2CC(=O)NCc2ccc(C(=N)N)cc2)c1.O=C(O)C(F)(F)F.O=C(O)C(F)(F)F. The molecule has 0 aliphatic heterocycles. The average molecular weight is 796 g/mol. The number of nitrogen functional groups attached to an aromatic ring is 2. The Morgan fingerprint density at radius 1 is 0.963 bits per heavy atom. The molecule has 3 rings (SSSR count). The first-order chi connectivity index (χ1) is 24.7. The number of carbonyl (C=O) groups is 3. The number of anilines is 2. The summed E-state index contributed by atoms with van der Waals surface area (Å²) in [4.78, 5) is 48.5. The maximum absolute atomic E-state index is 13.4. The molecule has 1 atom stereocenters. The van der Waals surface area contributed by atoms with Gasteiger partial charge in [0.15, 0.2) is 15.7 Å². The lowest BCUT2D eigenvalue weighted by molar-refractivity contribution is -0.193. The topological polar surface area (TPSA) is 261 Å². The van der Waals surface area contributed by atoms with E-state index in [-0.39, 0.29) is 58.7 Å². The second-order valence-corrected chi connectivity index (χ2v) is 13.8. The van der Waals surface area contributed by atoms with E-state index in [0.717, 1.165) is 5.56 Å². The largest absolute Gasteiger partial charge is 0.490 e. The third-order valence-corrected chi connectivity index (χ3v) is 8.77. The van der Waals surface area contributed by atoms with Gasteiger partial charge in [-0.15, -0.1) is 0 Å². The number of rotatable bonds is 12. The first-order valence-corrected chi connectivity index (χ1v) is 17.1. The van der Waals surface area contributed by atoms with E-state index < -0.39 is 45.6 Å². The number of amides is 1. The van der Waals surface area contributed by atoms with Crippen molar-refractivity contribution in [2.75, 3.05) is 16.8 Å². The summed E-state index contributed by atoms with van der Waals surface area (Å²) in [6.45, 7) is 7.36. The molecule has 1 amide bonds. The van der Waals surface area contributed by atoms with Crippen LogP contribution in [0.25, 0.3) is 11.3 Å². The number of sulfone groups is 1. The minimum atomic E-state index is -5.08. The van der Waals surface area contributed by atoms with Gasteiger partial charge in [0.05, 0.1) is 22.5 Å². The zero-order valence-corrected chi connectivity index (χ0v) is 30.0. The smallest absolute Gasteiger partial charge is 0.475 e. The molecule has 15 nitrogen and oxygen atoms in total. The number of nitrogens with zero attached hydrogens (tertiary/aromatic N) is 2. The van der Waals surface area contributed by atoms with Gasteiger partial charge in [0.2, 0.25) is 5.91 Å². The maximum atomic E-state index is 13.4. The first kappa shape index (κ1) is 46.4. The van der Waals surface area contributed by atoms with E-state index in [1.807, 2.05) is 27.7 Å². The zero-order chi connectivity index (χ0) is 41.8. The van der Waals surface area contributed by atoms with Crippen LogP contribution in [0.5, 0.6) is 0 Å². The highest BCUT2D eigenvalue weighted by atomic mass is 32.2. The van der Waals surface area contributed by atoms with E-state index in [1.165, 1.54) is 22.9 Å². The van der Waals surface area contributed by atoms with Crippen molar-refractivity contribution in [3.05, 3.63) is 70.1 Å². The number of carbonyl (C=O) groups excluding carboxylic acids is 1. The molecule has 0 saturated heterocycles. The molecule has 9 N–H and O–H groups in total. The Kier molecular flexibility index (Phi) is 16.7. The van der Waals surface area contributed by atoms with E-state index in [0.29, 0.717) is 17.5 Å². The van der Waals surface area contributed by atoms with Crippen LogP contribution >= 0.6 is 0 Å². The van der Waals surface area contributed by atoms with Gasteiger partial charge in [0, 0.05) is 29.4 Å². The van der Waals surface area contributed by atoms with Gasteiger partial charge in [-0.05, 0) is 43.5 Å². The summed E-state index contributed by atoms with van der Waals surface area (Å²) in [6.07, 6.45) is -8.03. The molecule has 298 valence electrons. The summed E-state index contributed by atoms with van der Waals surface area (Å²) < 4.78 is 90.9. The number of nitrogens with two attached hydrogens (primary N) is 2. The normalized spacial score (nSPS) is 12.0. The van der Waals surface area contributed by atoms with Gasteiger partial charge in [-0.2, -0.15) is 26.3 Å². The predicted octanol–water partition coefficient (Wildman–Crippen LogP) is 4.00. The van der Waals surface area contributed by atoms with E-state index in [2.05, 4.69) is 15.6 Å². The number of carboxylic acid groups (broad SMARTS) is 2. The lowest BCUT2D eigenvalue weighted by Gasteiger charge is -2.17. The molecule has 1 unspecified atom stereocenters. The van der Waals surface area contributed by atoms with Crippen LogP contribution in [-0.2, 0) is 37.3 Å². The van der Waals surface area contributed by atoms with Crippen LogP contribution in [0, 0.1) is 11.3 Å². The number of amidine groups is 1. The first-order valence-electron chi connectivity index (χ1n) is 15.5. The third-order valence-electron chi connectivity index (χ3n) is 6.81. The summed E-state index contributed by atoms with van der Waals surface area (Å²) >= 11 is 0. The number of aliphatic carboxylic acids is 2. The monoisotopic (exact) mass is 795 g/mol. The molecule has 1 heterocycles. The van der Waals surface area contributed by atoms with Crippen LogP contribution in [0.1, 0.15) is 45.2 Å². The zero-order valence-electron chi connectivity index (χ0n) is 29.2. The molecule has 0 saturated carbocycles. The summed E-state index contributed by atoms with van der Waals surface area (Å²) in [6, 6.07) is 11.2. The highest BCUT2D eigenvalue weighted by Crippen LogP contribution is 2.27. The van der Waals surface area contributed by atoms with Gasteiger partial charge in [-0.25, -0.2) is 23.0 Å². The molecule has 1 aromatic heterocycles. The van der Waals surface area contributed by atoms with Crippen LogP contribution in [0.15, 0.2) is 58.4 Å². The molecular weight excluding hydrogens is 756 g/mol. The Morgan fingerprint density at radius 2 is 1.48 bits per heavy atom. The molecule has 0 aliphatic carbocycles. The highest BCUT2D eigenvalue weighted by Gasteiger charge is 2.39. The number of benzene rings is 2. The standard InChI is InChI=1S/C28H37N7O4S.2C2HF3O2/c1-5-18(4)16-40(38,39)23-11-21(10-22(29)12-23)24-14-33-27(34-17(2)3)28(37)35(24)15-25(36)32-13-19-6-8-20(9-7-19)26(30)31;2*3-2(4,5)1(6)7/h6-12,14,17-18H,5,13,15-16,29H2,1-4H3,(H3,30,31)(H,32,36)(H,33,34);2*(H,6,7). The lowest BCUT2D eigenvalue weighted by atomic mass is 10.1. The quantitative estimate of drug-likeness (QED) is 0.0594. The Morgan fingerprint density at radius 3 is 1.93 bits per heavy atom. The Bertz CT molecular complexity index is 1940. The van der Waals surface area contributed by atoms with Crippen molar-refractivity contribution in [2.45, 2.75) is 70.5 Å². The number of nitrogens with one attached hydrogen (secondary N) is 3. The highest BCUT2D eigenvalue weighted by molar-refractivity contribution is 7.91.